The largest absolute Gasteiger partial charge is 0.256 e. The third-order valence-electron chi connectivity index (χ3n) is 2.65. The molecule has 0 N–H and O–H groups in total. The molecule has 0 bridgehead atoms. The molecule has 1 aromatic heterocycles. The fraction of sp³-hybridized carbons (Fsp3) is 0. The highest BCUT2D eigenvalue weighted by atomic mass is 31.0. The van der Waals surface area contributed by atoms with Crippen LogP contribution in [0.3, 0.4) is 0 Å². The van der Waals surface area contributed by atoms with Gasteiger partial charge >= 0.3 is 0 Å². The molecule has 72 valence electrons. The van der Waals surface area contributed by atoms with Gasteiger partial charge in [-0.2, -0.15) is 0 Å². The van der Waals surface area contributed by atoms with E-state index in [0.717, 1.165) is 5.52 Å². The van der Waals surface area contributed by atoms with Crippen LogP contribution in [0.5, 0.6) is 0 Å². The van der Waals surface area contributed by atoms with Crippen LogP contribution >= 0.6 is 9.24 Å². The smallest absolute Gasteiger partial charge is 0.0786 e. The predicted octanol–water partition coefficient (Wildman–Crippen LogP) is 2.89. The summed E-state index contributed by atoms with van der Waals surface area (Å²) in [6.07, 6.45) is 1.85. The van der Waals surface area contributed by atoms with E-state index in [4.69, 9.17) is 0 Å². The second kappa shape index (κ2) is 3.29. The third kappa shape index (κ3) is 1.32. The van der Waals surface area contributed by atoms with E-state index in [1.807, 2.05) is 12.3 Å². The van der Waals surface area contributed by atoms with E-state index in [0.29, 0.717) is 0 Å². The van der Waals surface area contributed by atoms with Gasteiger partial charge in [0, 0.05) is 17.0 Å². The van der Waals surface area contributed by atoms with Crippen molar-refractivity contribution in [2.45, 2.75) is 0 Å². The summed E-state index contributed by atoms with van der Waals surface area (Å²) in [7, 11) is 2.78. The van der Waals surface area contributed by atoms with Crippen LogP contribution in [0.1, 0.15) is 0 Å². The van der Waals surface area contributed by atoms with Gasteiger partial charge in [0.1, 0.15) is 0 Å². The highest BCUT2D eigenvalue weighted by molar-refractivity contribution is 7.28. The number of hydrogen-bond donors (Lipinski definition) is 0. The molecule has 0 fully saturated rings. The molecular weight excluding hydrogens is 201 g/mol. The Morgan fingerprint density at radius 3 is 2.60 bits per heavy atom. The number of benzene rings is 2. The molecule has 0 aliphatic rings. The van der Waals surface area contributed by atoms with Gasteiger partial charge in [-0.05, 0) is 16.8 Å². The molecule has 1 nitrogen and oxygen atoms in total. The van der Waals surface area contributed by atoms with Gasteiger partial charge in [-0.15, -0.1) is 9.24 Å². The first-order valence-corrected chi connectivity index (χ1v) is 5.46. The molecule has 0 aliphatic carbocycles. The molecule has 1 unspecified atom stereocenters. The molecular formula is C13H10NP. The van der Waals surface area contributed by atoms with Crippen molar-refractivity contribution in [2.75, 3.05) is 0 Å². The van der Waals surface area contributed by atoms with Gasteiger partial charge in [0.2, 0.25) is 0 Å². The van der Waals surface area contributed by atoms with Gasteiger partial charge in [-0.25, -0.2) is 0 Å². The summed E-state index contributed by atoms with van der Waals surface area (Å²) in [5.41, 5.74) is 1.08. The second-order valence-electron chi connectivity index (χ2n) is 3.59. The van der Waals surface area contributed by atoms with Crippen LogP contribution in [0, 0.1) is 0 Å². The first-order chi connectivity index (χ1) is 7.36. The van der Waals surface area contributed by atoms with Gasteiger partial charge in [0.25, 0.3) is 0 Å². The molecule has 0 saturated heterocycles. The zero-order chi connectivity index (χ0) is 10.3. The highest BCUT2D eigenvalue weighted by Crippen LogP contribution is 2.22. The van der Waals surface area contributed by atoms with Crippen LogP contribution in [0.4, 0.5) is 0 Å². The standard InChI is InChI=1S/C13H10NP/c15-11-5-1-3-9-6-7-10-4-2-8-14-13(10)12(9)11/h1-8H,15H2. The van der Waals surface area contributed by atoms with Crippen molar-refractivity contribution in [1.82, 2.24) is 4.98 Å². The Morgan fingerprint density at radius 1 is 0.867 bits per heavy atom. The lowest BCUT2D eigenvalue weighted by Gasteiger charge is -2.04. The molecule has 15 heavy (non-hydrogen) atoms. The van der Waals surface area contributed by atoms with Crippen LogP contribution in [0.2, 0.25) is 0 Å². The van der Waals surface area contributed by atoms with Crippen LogP contribution in [-0.4, -0.2) is 4.98 Å². The Kier molecular flexibility index (Phi) is 1.93. The Bertz CT molecular complexity index is 646. The van der Waals surface area contributed by atoms with E-state index in [1.54, 1.807) is 0 Å². The Labute approximate surface area is 90.3 Å². The van der Waals surface area contributed by atoms with E-state index in [2.05, 4.69) is 50.6 Å². The first-order valence-electron chi connectivity index (χ1n) is 4.88. The molecule has 0 amide bonds. The molecule has 1 heterocycles. The van der Waals surface area contributed by atoms with Crippen molar-refractivity contribution >= 4 is 36.2 Å². The zero-order valence-electron chi connectivity index (χ0n) is 8.14. The number of aromatic nitrogens is 1. The minimum atomic E-state index is 1.08. The van der Waals surface area contributed by atoms with Crippen molar-refractivity contribution in [3.05, 3.63) is 48.7 Å². The Balaban J connectivity index is 2.64. The molecule has 0 aliphatic heterocycles. The Hall–Kier alpha value is -1.46. The summed E-state index contributed by atoms with van der Waals surface area (Å²) < 4.78 is 0. The monoisotopic (exact) mass is 211 g/mol. The average Bonchev–Trinajstić information content (AvgIpc) is 2.29. The predicted molar refractivity (Wildman–Crippen MR) is 68.6 cm³/mol. The van der Waals surface area contributed by atoms with Gasteiger partial charge in [-0.3, -0.25) is 4.98 Å². The molecule has 2 heteroatoms. The summed E-state index contributed by atoms with van der Waals surface area (Å²) in [5.74, 6) is 0. The lowest BCUT2D eigenvalue weighted by molar-refractivity contribution is 1.43. The van der Waals surface area contributed by atoms with Gasteiger partial charge in [0.15, 0.2) is 0 Å². The van der Waals surface area contributed by atoms with E-state index in [1.165, 1.54) is 21.5 Å². The quantitative estimate of drug-likeness (QED) is 0.411. The maximum absolute atomic E-state index is 4.46. The van der Waals surface area contributed by atoms with E-state index in [-0.39, 0.29) is 0 Å². The fourth-order valence-electron chi connectivity index (χ4n) is 1.94. The molecule has 0 radical (unpaired) electrons. The summed E-state index contributed by atoms with van der Waals surface area (Å²) >= 11 is 0. The molecule has 0 saturated carbocycles. The summed E-state index contributed by atoms with van der Waals surface area (Å²) in [6.45, 7) is 0. The summed E-state index contributed by atoms with van der Waals surface area (Å²) in [5, 5.41) is 4.88. The number of rotatable bonds is 0. The minimum absolute atomic E-state index is 1.08. The molecule has 3 aromatic rings. The minimum Gasteiger partial charge on any atom is -0.256 e. The lowest BCUT2D eigenvalue weighted by atomic mass is 10.1. The van der Waals surface area contributed by atoms with Crippen LogP contribution < -0.4 is 5.30 Å². The third-order valence-corrected chi connectivity index (χ3v) is 3.13. The van der Waals surface area contributed by atoms with Gasteiger partial charge < -0.3 is 0 Å². The number of fused-ring (bicyclic) bond motifs is 3. The topological polar surface area (TPSA) is 12.9 Å². The van der Waals surface area contributed by atoms with Crippen molar-refractivity contribution in [3.8, 4) is 0 Å². The van der Waals surface area contributed by atoms with Crippen molar-refractivity contribution in [3.63, 3.8) is 0 Å². The first kappa shape index (κ1) is 8.82. The summed E-state index contributed by atoms with van der Waals surface area (Å²) in [4.78, 5) is 4.46. The van der Waals surface area contributed by atoms with Crippen molar-refractivity contribution < 1.29 is 0 Å². The fourth-order valence-corrected chi connectivity index (χ4v) is 2.36. The lowest BCUT2D eigenvalue weighted by Crippen LogP contribution is -1.94. The van der Waals surface area contributed by atoms with Crippen molar-refractivity contribution in [2.24, 2.45) is 0 Å². The van der Waals surface area contributed by atoms with Gasteiger partial charge in [0.05, 0.1) is 5.52 Å². The van der Waals surface area contributed by atoms with Crippen molar-refractivity contribution in [1.29, 1.82) is 0 Å². The van der Waals surface area contributed by atoms with Crippen LogP contribution in [0.25, 0.3) is 21.7 Å². The van der Waals surface area contributed by atoms with Crippen LogP contribution in [0.15, 0.2) is 48.7 Å². The number of hydrogen-bond acceptors (Lipinski definition) is 1. The van der Waals surface area contributed by atoms with Gasteiger partial charge in [-0.1, -0.05) is 36.4 Å². The molecule has 3 rings (SSSR count). The highest BCUT2D eigenvalue weighted by Gasteiger charge is 2.02. The SMILES string of the molecule is Pc1cccc2ccc3cccnc3c12. The maximum Gasteiger partial charge on any atom is 0.0786 e. The molecule has 0 spiro atoms. The van der Waals surface area contributed by atoms with E-state index in [9.17, 15) is 0 Å². The van der Waals surface area contributed by atoms with Crippen LogP contribution in [-0.2, 0) is 0 Å². The molecule has 1 atom stereocenters. The van der Waals surface area contributed by atoms with E-state index < -0.39 is 0 Å². The zero-order valence-corrected chi connectivity index (χ0v) is 9.30. The molecule has 2 aromatic carbocycles. The normalized spacial score (nSPS) is 11.0. The second-order valence-corrected chi connectivity index (χ2v) is 4.21. The maximum atomic E-state index is 4.46. The average molecular weight is 211 g/mol. The summed E-state index contributed by atoms with van der Waals surface area (Å²) in [6, 6.07) is 14.6. The van der Waals surface area contributed by atoms with E-state index >= 15 is 0 Å². The number of nitrogens with zero attached hydrogens (tertiary/aromatic N) is 1. The number of pyridine rings is 1. The Morgan fingerprint density at radius 2 is 1.67 bits per heavy atom.